The SMILES string of the molecule is [Se]c1cccc2c1Cc1ccccc1O2. The van der Waals surface area contributed by atoms with Crippen LogP contribution in [-0.4, -0.2) is 16.0 Å². The van der Waals surface area contributed by atoms with Gasteiger partial charge in [0.1, 0.15) is 0 Å². The first-order valence-electron chi connectivity index (χ1n) is 4.89. The molecule has 0 N–H and O–H groups in total. The van der Waals surface area contributed by atoms with Crippen LogP contribution in [0, 0.1) is 0 Å². The van der Waals surface area contributed by atoms with Gasteiger partial charge in [0, 0.05) is 0 Å². The molecule has 0 saturated carbocycles. The molecule has 1 radical (unpaired) electrons. The Balaban J connectivity index is 2.15. The van der Waals surface area contributed by atoms with E-state index in [9.17, 15) is 0 Å². The standard InChI is InChI=1S/C13H9OSe/c15-13-7-3-6-12-10(13)8-9-4-1-2-5-11(9)14-12/h1-7H,8H2. The summed E-state index contributed by atoms with van der Waals surface area (Å²) >= 11 is 3.08. The van der Waals surface area contributed by atoms with Gasteiger partial charge in [0.15, 0.2) is 0 Å². The summed E-state index contributed by atoms with van der Waals surface area (Å²) in [5.41, 5.74) is 2.52. The zero-order chi connectivity index (χ0) is 10.3. The molecule has 2 heteroatoms. The molecule has 0 amide bonds. The summed E-state index contributed by atoms with van der Waals surface area (Å²) < 4.78 is 7.02. The number of hydrogen-bond donors (Lipinski definition) is 0. The van der Waals surface area contributed by atoms with E-state index in [4.69, 9.17) is 4.74 Å². The molecule has 2 aromatic carbocycles. The first-order chi connectivity index (χ1) is 7.34. The van der Waals surface area contributed by atoms with E-state index in [0.29, 0.717) is 0 Å². The summed E-state index contributed by atoms with van der Waals surface area (Å²) in [6, 6.07) is 14.3. The summed E-state index contributed by atoms with van der Waals surface area (Å²) in [5, 5.41) is 0. The fourth-order valence-electron chi connectivity index (χ4n) is 1.87. The van der Waals surface area contributed by atoms with Gasteiger partial charge >= 0.3 is 96.7 Å². The van der Waals surface area contributed by atoms with Crippen LogP contribution in [0.1, 0.15) is 11.1 Å². The van der Waals surface area contributed by atoms with Crippen molar-refractivity contribution in [1.82, 2.24) is 0 Å². The molecular weight excluding hydrogens is 251 g/mol. The van der Waals surface area contributed by atoms with Crippen molar-refractivity contribution in [2.24, 2.45) is 0 Å². The Labute approximate surface area is 96.9 Å². The molecule has 0 saturated heterocycles. The first kappa shape index (κ1) is 9.02. The second-order valence-corrected chi connectivity index (χ2v) is 4.54. The molecule has 3 rings (SSSR count). The van der Waals surface area contributed by atoms with E-state index in [2.05, 4.69) is 34.2 Å². The van der Waals surface area contributed by atoms with E-state index in [0.717, 1.165) is 17.9 Å². The topological polar surface area (TPSA) is 9.23 Å². The van der Waals surface area contributed by atoms with Gasteiger partial charge < -0.3 is 0 Å². The van der Waals surface area contributed by atoms with E-state index < -0.39 is 0 Å². The van der Waals surface area contributed by atoms with Gasteiger partial charge in [-0.15, -0.1) is 0 Å². The number of para-hydroxylation sites is 1. The normalized spacial score (nSPS) is 12.5. The molecule has 1 nitrogen and oxygen atoms in total. The van der Waals surface area contributed by atoms with E-state index in [1.54, 1.807) is 0 Å². The summed E-state index contributed by atoms with van der Waals surface area (Å²) in [6.45, 7) is 0. The van der Waals surface area contributed by atoms with Crippen molar-refractivity contribution in [2.75, 3.05) is 0 Å². The average Bonchev–Trinajstić information content (AvgIpc) is 2.27. The van der Waals surface area contributed by atoms with Crippen LogP contribution in [0.5, 0.6) is 11.5 Å². The molecule has 1 heterocycles. The Kier molecular flexibility index (Phi) is 2.05. The Morgan fingerprint density at radius 1 is 0.933 bits per heavy atom. The summed E-state index contributed by atoms with van der Waals surface area (Å²) in [6.07, 6.45) is 0.953. The fraction of sp³-hybridized carbons (Fsp3) is 0.0769. The third-order valence-corrected chi connectivity index (χ3v) is 3.45. The maximum atomic E-state index is 5.84. The monoisotopic (exact) mass is 261 g/mol. The Bertz CT molecular complexity index is 520. The number of rotatable bonds is 0. The number of benzene rings is 2. The van der Waals surface area contributed by atoms with Gasteiger partial charge in [-0.3, -0.25) is 0 Å². The van der Waals surface area contributed by atoms with Crippen LogP contribution in [0.3, 0.4) is 0 Å². The molecular formula is C13H9OSe. The average molecular weight is 260 g/mol. The predicted octanol–water partition coefficient (Wildman–Crippen LogP) is 2.18. The molecule has 0 aromatic heterocycles. The van der Waals surface area contributed by atoms with Crippen molar-refractivity contribution in [3.05, 3.63) is 53.6 Å². The van der Waals surface area contributed by atoms with Crippen molar-refractivity contribution in [1.29, 1.82) is 0 Å². The Morgan fingerprint density at radius 2 is 1.73 bits per heavy atom. The minimum atomic E-state index is 0.953. The van der Waals surface area contributed by atoms with Crippen molar-refractivity contribution >= 4 is 20.5 Å². The van der Waals surface area contributed by atoms with E-state index >= 15 is 0 Å². The summed E-state index contributed by atoms with van der Waals surface area (Å²) in [4.78, 5) is 0. The number of fused-ring (bicyclic) bond motifs is 2. The van der Waals surface area contributed by atoms with Gasteiger partial charge in [-0.2, -0.15) is 0 Å². The molecule has 0 fully saturated rings. The summed E-state index contributed by atoms with van der Waals surface area (Å²) in [7, 11) is 0. The molecule has 0 unspecified atom stereocenters. The van der Waals surface area contributed by atoms with E-state index in [-0.39, 0.29) is 0 Å². The van der Waals surface area contributed by atoms with Gasteiger partial charge in [0.05, 0.1) is 0 Å². The third-order valence-electron chi connectivity index (χ3n) is 2.65. The molecule has 73 valence electrons. The Hall–Kier alpha value is -1.24. The van der Waals surface area contributed by atoms with Crippen LogP contribution in [0.15, 0.2) is 42.5 Å². The second kappa shape index (κ2) is 3.41. The molecule has 2 aromatic rings. The zero-order valence-corrected chi connectivity index (χ0v) is 9.78. The third kappa shape index (κ3) is 1.46. The second-order valence-electron chi connectivity index (χ2n) is 3.62. The van der Waals surface area contributed by atoms with Crippen molar-refractivity contribution in [2.45, 2.75) is 6.42 Å². The molecule has 1 aliphatic rings. The van der Waals surface area contributed by atoms with E-state index in [1.807, 2.05) is 24.3 Å². The van der Waals surface area contributed by atoms with Crippen LogP contribution < -0.4 is 9.20 Å². The fourth-order valence-corrected chi connectivity index (χ4v) is 2.40. The van der Waals surface area contributed by atoms with Crippen LogP contribution >= 0.6 is 0 Å². The van der Waals surface area contributed by atoms with Gasteiger partial charge in [0.25, 0.3) is 0 Å². The van der Waals surface area contributed by atoms with Crippen LogP contribution in [0.25, 0.3) is 0 Å². The van der Waals surface area contributed by atoms with Crippen LogP contribution in [-0.2, 0) is 6.42 Å². The number of ether oxygens (including phenoxy) is 1. The zero-order valence-electron chi connectivity index (χ0n) is 8.07. The van der Waals surface area contributed by atoms with E-state index in [1.165, 1.54) is 15.6 Å². The van der Waals surface area contributed by atoms with Gasteiger partial charge in [-0.05, 0) is 0 Å². The van der Waals surface area contributed by atoms with Crippen molar-refractivity contribution < 1.29 is 4.74 Å². The van der Waals surface area contributed by atoms with Gasteiger partial charge in [-0.25, -0.2) is 0 Å². The molecule has 0 bridgehead atoms. The number of hydrogen-bond acceptors (Lipinski definition) is 1. The molecule has 0 spiro atoms. The van der Waals surface area contributed by atoms with Crippen molar-refractivity contribution in [3.8, 4) is 11.5 Å². The van der Waals surface area contributed by atoms with Gasteiger partial charge in [0.2, 0.25) is 0 Å². The van der Waals surface area contributed by atoms with Crippen LogP contribution in [0.4, 0.5) is 0 Å². The Morgan fingerprint density at radius 3 is 2.67 bits per heavy atom. The quantitative estimate of drug-likeness (QED) is 0.563. The summed E-state index contributed by atoms with van der Waals surface area (Å²) in [5.74, 6) is 1.96. The van der Waals surface area contributed by atoms with Crippen LogP contribution in [0.2, 0.25) is 0 Å². The molecule has 0 aliphatic carbocycles. The molecule has 15 heavy (non-hydrogen) atoms. The van der Waals surface area contributed by atoms with Gasteiger partial charge in [-0.1, -0.05) is 0 Å². The molecule has 1 aliphatic heterocycles. The van der Waals surface area contributed by atoms with Crippen molar-refractivity contribution in [3.63, 3.8) is 0 Å². The predicted molar refractivity (Wildman–Crippen MR) is 61.2 cm³/mol. The first-order valence-corrected chi connectivity index (χ1v) is 5.75. The maximum absolute atomic E-state index is 5.84. The minimum absolute atomic E-state index is 0.953. The molecule has 0 atom stereocenters.